The van der Waals surface area contributed by atoms with Crippen LogP contribution in [0.2, 0.25) is 0 Å². The lowest BCUT2D eigenvalue weighted by Crippen LogP contribution is -1.94. The fraction of sp³-hybridized carbons (Fsp3) is 0.300. The molecule has 0 saturated carbocycles. The highest BCUT2D eigenvalue weighted by Gasteiger charge is 2.07. The number of thiophene rings is 1. The molecule has 0 aliphatic heterocycles. The number of hydrogen-bond acceptors (Lipinski definition) is 2. The molecule has 0 aromatic carbocycles. The summed E-state index contributed by atoms with van der Waals surface area (Å²) in [5.41, 5.74) is 0. The molecule has 0 aliphatic rings. The lowest BCUT2D eigenvalue weighted by atomic mass is 10.1. The predicted molar refractivity (Wildman–Crippen MR) is 60.4 cm³/mol. The molecule has 1 aromatic heterocycles. The Balaban J connectivity index is 2.44. The Bertz CT molecular complexity index is 304. The van der Waals surface area contributed by atoms with E-state index in [0.29, 0.717) is 6.42 Å². The smallest absolute Gasteiger partial charge is 0.172 e. The van der Waals surface area contributed by atoms with E-state index in [2.05, 4.69) is 22.5 Å². The van der Waals surface area contributed by atoms with E-state index in [1.807, 2.05) is 18.2 Å². The minimum Gasteiger partial charge on any atom is -0.293 e. The van der Waals surface area contributed by atoms with E-state index >= 15 is 0 Å². The van der Waals surface area contributed by atoms with E-state index in [9.17, 15) is 4.79 Å². The molecule has 1 nitrogen and oxygen atoms in total. The van der Waals surface area contributed by atoms with Crippen molar-refractivity contribution in [3.8, 4) is 0 Å². The lowest BCUT2D eigenvalue weighted by Gasteiger charge is -1.94. The van der Waals surface area contributed by atoms with Gasteiger partial charge >= 0.3 is 0 Å². The van der Waals surface area contributed by atoms with Gasteiger partial charge in [-0.15, -0.1) is 17.9 Å². The predicted octanol–water partition coefficient (Wildman–Crippen LogP) is 4.05. The third-order valence-corrected chi connectivity index (χ3v) is 3.32. The highest BCUT2D eigenvalue weighted by Crippen LogP contribution is 2.23. The van der Waals surface area contributed by atoms with Crippen LogP contribution in [0.4, 0.5) is 0 Å². The van der Waals surface area contributed by atoms with Crippen molar-refractivity contribution in [1.82, 2.24) is 0 Å². The number of unbranched alkanes of at least 4 members (excludes halogenated alkanes) is 1. The Morgan fingerprint density at radius 1 is 1.62 bits per heavy atom. The van der Waals surface area contributed by atoms with Crippen molar-refractivity contribution < 1.29 is 4.79 Å². The van der Waals surface area contributed by atoms with Crippen LogP contribution in [0, 0.1) is 0 Å². The normalized spacial score (nSPS) is 9.92. The van der Waals surface area contributed by atoms with Crippen LogP contribution in [0.25, 0.3) is 0 Å². The minimum atomic E-state index is 0.234. The molecule has 0 bridgehead atoms. The van der Waals surface area contributed by atoms with Gasteiger partial charge in [-0.2, -0.15) is 0 Å². The first kappa shape index (κ1) is 10.7. The van der Waals surface area contributed by atoms with Gasteiger partial charge in [0.2, 0.25) is 0 Å². The van der Waals surface area contributed by atoms with Crippen molar-refractivity contribution in [2.24, 2.45) is 0 Å². The molecule has 70 valence electrons. The number of rotatable bonds is 5. The van der Waals surface area contributed by atoms with Gasteiger partial charge in [-0.3, -0.25) is 4.79 Å². The van der Waals surface area contributed by atoms with E-state index in [4.69, 9.17) is 0 Å². The zero-order chi connectivity index (χ0) is 9.68. The number of Topliss-reactive ketones (excluding diaryl/α,β-unsaturated/α-hetero) is 1. The first-order valence-electron chi connectivity index (χ1n) is 4.13. The standard InChI is InChI=1S/C10H11BrOS/c1-2-3-4-5-8(12)9-6-7-10(11)13-9/h2,6-7H,1,3-5H2. The van der Waals surface area contributed by atoms with E-state index in [1.165, 1.54) is 11.3 Å². The summed E-state index contributed by atoms with van der Waals surface area (Å²) in [5.74, 6) is 0.234. The largest absolute Gasteiger partial charge is 0.293 e. The highest BCUT2D eigenvalue weighted by atomic mass is 79.9. The summed E-state index contributed by atoms with van der Waals surface area (Å²) in [4.78, 5) is 12.3. The van der Waals surface area contributed by atoms with Crippen LogP contribution in [0.3, 0.4) is 0 Å². The van der Waals surface area contributed by atoms with E-state index in [-0.39, 0.29) is 5.78 Å². The van der Waals surface area contributed by atoms with Crippen LogP contribution in [0.15, 0.2) is 28.6 Å². The third kappa shape index (κ3) is 3.44. The molecule has 1 heterocycles. The van der Waals surface area contributed by atoms with Crippen LogP contribution in [0.5, 0.6) is 0 Å². The van der Waals surface area contributed by atoms with Crippen molar-refractivity contribution in [1.29, 1.82) is 0 Å². The maximum Gasteiger partial charge on any atom is 0.172 e. The van der Waals surface area contributed by atoms with Crippen LogP contribution in [0.1, 0.15) is 28.9 Å². The average Bonchev–Trinajstić information content (AvgIpc) is 2.52. The Hall–Kier alpha value is -0.410. The summed E-state index contributed by atoms with van der Waals surface area (Å²) in [6.45, 7) is 3.62. The topological polar surface area (TPSA) is 17.1 Å². The lowest BCUT2D eigenvalue weighted by molar-refractivity contribution is 0.0984. The van der Waals surface area contributed by atoms with Gasteiger partial charge in [0.15, 0.2) is 5.78 Å². The van der Waals surface area contributed by atoms with Gasteiger partial charge in [-0.1, -0.05) is 6.08 Å². The average molecular weight is 259 g/mol. The third-order valence-electron chi connectivity index (χ3n) is 1.66. The molecule has 13 heavy (non-hydrogen) atoms. The molecule has 0 unspecified atom stereocenters. The van der Waals surface area contributed by atoms with Gasteiger partial charge in [0.05, 0.1) is 8.66 Å². The number of halogens is 1. The second kappa shape index (κ2) is 5.35. The van der Waals surface area contributed by atoms with Crippen molar-refractivity contribution >= 4 is 33.0 Å². The Labute approximate surface area is 90.6 Å². The summed E-state index contributed by atoms with van der Waals surface area (Å²) >= 11 is 4.83. The number of ketones is 1. The maximum absolute atomic E-state index is 11.5. The van der Waals surface area contributed by atoms with Crippen LogP contribution in [-0.4, -0.2) is 5.78 Å². The molecule has 1 aromatic rings. The summed E-state index contributed by atoms with van der Waals surface area (Å²) in [5, 5.41) is 0. The molecule has 0 atom stereocenters. The fourth-order valence-corrected chi connectivity index (χ4v) is 2.35. The number of carbonyl (C=O) groups is 1. The number of carbonyl (C=O) groups excluding carboxylic acids is 1. The molecular formula is C10H11BrOS. The van der Waals surface area contributed by atoms with Crippen molar-refractivity contribution in [3.05, 3.63) is 33.5 Å². The molecule has 3 heteroatoms. The molecule has 0 saturated heterocycles. The molecule has 0 aliphatic carbocycles. The second-order valence-corrected chi connectivity index (χ2v) is 5.17. The van der Waals surface area contributed by atoms with Crippen molar-refractivity contribution in [2.45, 2.75) is 19.3 Å². The molecule has 1 rings (SSSR count). The van der Waals surface area contributed by atoms with Gasteiger partial charge < -0.3 is 0 Å². The quantitative estimate of drug-likeness (QED) is 0.443. The summed E-state index contributed by atoms with van der Waals surface area (Å²) < 4.78 is 1.01. The van der Waals surface area contributed by atoms with Crippen LogP contribution < -0.4 is 0 Å². The van der Waals surface area contributed by atoms with Crippen LogP contribution in [-0.2, 0) is 0 Å². The highest BCUT2D eigenvalue weighted by molar-refractivity contribution is 9.11. The Kier molecular flexibility index (Phi) is 4.39. The molecule has 0 spiro atoms. The SMILES string of the molecule is C=CCCCC(=O)c1ccc(Br)s1. The summed E-state index contributed by atoms with van der Waals surface area (Å²) in [6.07, 6.45) is 4.28. The summed E-state index contributed by atoms with van der Waals surface area (Å²) in [7, 11) is 0. The summed E-state index contributed by atoms with van der Waals surface area (Å²) in [6, 6.07) is 3.77. The monoisotopic (exact) mass is 258 g/mol. The zero-order valence-electron chi connectivity index (χ0n) is 7.25. The van der Waals surface area contributed by atoms with Gasteiger partial charge in [-0.25, -0.2) is 0 Å². The number of allylic oxidation sites excluding steroid dienone is 1. The van der Waals surface area contributed by atoms with Gasteiger partial charge in [0.25, 0.3) is 0 Å². The molecule has 0 fully saturated rings. The first-order chi connectivity index (χ1) is 6.24. The molecule has 0 radical (unpaired) electrons. The zero-order valence-corrected chi connectivity index (χ0v) is 9.66. The molecule has 0 N–H and O–H groups in total. The molecule has 0 amide bonds. The van der Waals surface area contributed by atoms with E-state index < -0.39 is 0 Å². The van der Waals surface area contributed by atoms with Gasteiger partial charge in [0.1, 0.15) is 0 Å². The molecular weight excluding hydrogens is 248 g/mol. The van der Waals surface area contributed by atoms with Gasteiger partial charge in [0, 0.05) is 6.42 Å². The van der Waals surface area contributed by atoms with Crippen LogP contribution >= 0.6 is 27.3 Å². The maximum atomic E-state index is 11.5. The fourth-order valence-electron chi connectivity index (χ4n) is 0.994. The number of hydrogen-bond donors (Lipinski definition) is 0. The Morgan fingerprint density at radius 3 is 2.92 bits per heavy atom. The van der Waals surface area contributed by atoms with Crippen molar-refractivity contribution in [2.75, 3.05) is 0 Å². The second-order valence-electron chi connectivity index (χ2n) is 2.71. The minimum absolute atomic E-state index is 0.234. The first-order valence-corrected chi connectivity index (χ1v) is 5.74. The van der Waals surface area contributed by atoms with Crippen molar-refractivity contribution in [3.63, 3.8) is 0 Å². The van der Waals surface area contributed by atoms with Gasteiger partial charge in [-0.05, 0) is 40.9 Å². The van der Waals surface area contributed by atoms with E-state index in [1.54, 1.807) is 0 Å². The van der Waals surface area contributed by atoms with E-state index in [0.717, 1.165) is 21.5 Å². The Morgan fingerprint density at radius 2 is 2.38 bits per heavy atom.